The van der Waals surface area contributed by atoms with Crippen molar-refractivity contribution in [3.63, 3.8) is 0 Å². The van der Waals surface area contributed by atoms with E-state index in [0.717, 1.165) is 6.08 Å². The van der Waals surface area contributed by atoms with Gasteiger partial charge in [0.15, 0.2) is 0 Å². The first-order valence-corrected chi connectivity index (χ1v) is 11.8. The van der Waals surface area contributed by atoms with Crippen molar-refractivity contribution in [2.45, 2.75) is 0 Å². The van der Waals surface area contributed by atoms with Crippen molar-refractivity contribution in [3.8, 4) is 34.5 Å². The van der Waals surface area contributed by atoms with Crippen molar-refractivity contribution in [2.75, 3.05) is 13.2 Å². The molecule has 36 heavy (non-hydrogen) atoms. The number of nitrogens with one attached hydrogen (secondary N) is 1. The van der Waals surface area contributed by atoms with Crippen LogP contribution in [0, 0.1) is 0 Å². The van der Waals surface area contributed by atoms with Gasteiger partial charge < -0.3 is 38.6 Å². The zero-order valence-electron chi connectivity index (χ0n) is 18.7. The third-order valence-corrected chi connectivity index (χ3v) is 5.45. The maximum atomic E-state index is 13.4. The molecule has 188 valence electrons. The number of esters is 1. The molecule has 0 heterocycles. The highest BCUT2D eigenvalue weighted by molar-refractivity contribution is 7.49. The number of ether oxygens (including phenoxy) is 2. The maximum Gasteiger partial charge on any atom is 0.647 e. The van der Waals surface area contributed by atoms with E-state index in [1.807, 2.05) is 0 Å². The number of phenolic OH excluding ortho intramolecular Hbond substituents is 2. The van der Waals surface area contributed by atoms with Gasteiger partial charge in [0.1, 0.15) is 41.1 Å². The van der Waals surface area contributed by atoms with Crippen molar-refractivity contribution in [2.24, 2.45) is 0 Å². The Kier molecular flexibility index (Phi) is 8.79. The van der Waals surface area contributed by atoms with E-state index in [0.29, 0.717) is 0 Å². The molecule has 0 unspecified atom stereocenters. The highest BCUT2D eigenvalue weighted by Crippen LogP contribution is 2.50. The number of benzene rings is 3. The fourth-order valence-electron chi connectivity index (χ4n) is 2.53. The first-order valence-electron chi connectivity index (χ1n) is 10.4. The Labute approximate surface area is 206 Å². The Balaban J connectivity index is 1.65. The molecular formula is C24H22NO10P. The molecule has 1 amide bonds. The average Bonchev–Trinajstić information content (AvgIpc) is 2.86. The monoisotopic (exact) mass is 515 g/mol. The number of phenols is 2. The van der Waals surface area contributed by atoms with E-state index in [1.54, 1.807) is 0 Å². The van der Waals surface area contributed by atoms with Crippen LogP contribution in [0.2, 0.25) is 0 Å². The highest BCUT2D eigenvalue weighted by atomic mass is 31.2. The van der Waals surface area contributed by atoms with Crippen molar-refractivity contribution in [1.82, 2.24) is 5.32 Å². The summed E-state index contributed by atoms with van der Waals surface area (Å²) in [5, 5.41) is 21.3. The normalized spacial score (nSPS) is 10.6. The number of carbonyl (C=O) groups is 2. The summed E-state index contributed by atoms with van der Waals surface area (Å²) in [6.45, 7) is 3.24. The van der Waals surface area contributed by atoms with E-state index in [2.05, 4.69) is 11.9 Å². The van der Waals surface area contributed by atoms with Gasteiger partial charge in [0, 0.05) is 6.08 Å². The smallest absolute Gasteiger partial charge is 0.508 e. The van der Waals surface area contributed by atoms with E-state index in [-0.39, 0.29) is 47.6 Å². The van der Waals surface area contributed by atoms with Crippen LogP contribution >= 0.6 is 7.82 Å². The second-order valence-electron chi connectivity index (χ2n) is 6.87. The molecule has 0 aliphatic heterocycles. The van der Waals surface area contributed by atoms with Crippen LogP contribution < -0.4 is 23.6 Å². The molecule has 0 radical (unpaired) electrons. The van der Waals surface area contributed by atoms with Crippen molar-refractivity contribution < 1.29 is 47.4 Å². The fraction of sp³-hybridized carbons (Fsp3) is 0.0833. The molecular weight excluding hydrogens is 493 g/mol. The summed E-state index contributed by atoms with van der Waals surface area (Å²) < 4.78 is 39.7. The molecule has 0 atom stereocenters. The number of rotatable bonds is 11. The molecule has 3 aromatic carbocycles. The van der Waals surface area contributed by atoms with Crippen LogP contribution in [0.15, 0.2) is 85.5 Å². The minimum absolute atomic E-state index is 0.0186. The second kappa shape index (κ2) is 12.2. The van der Waals surface area contributed by atoms with E-state index in [9.17, 15) is 24.4 Å². The van der Waals surface area contributed by atoms with Crippen LogP contribution in [-0.4, -0.2) is 35.4 Å². The van der Waals surface area contributed by atoms with E-state index < -0.39 is 19.9 Å². The Morgan fingerprint density at radius 2 is 1.19 bits per heavy atom. The molecule has 0 saturated carbocycles. The van der Waals surface area contributed by atoms with Gasteiger partial charge in [-0.1, -0.05) is 6.58 Å². The van der Waals surface area contributed by atoms with Gasteiger partial charge in [-0.25, -0.2) is 9.59 Å². The Morgan fingerprint density at radius 1 is 0.778 bits per heavy atom. The SMILES string of the molecule is C=CC(=O)OCCNC(=O)Oc1ccc(OP(=O)(Oc2ccc(O)cc2)Oc2ccc(O)cc2)cc1. The summed E-state index contributed by atoms with van der Waals surface area (Å²) in [5.41, 5.74) is 0. The van der Waals surface area contributed by atoms with Gasteiger partial charge in [0.05, 0.1) is 6.54 Å². The number of aromatic hydroxyl groups is 2. The Morgan fingerprint density at radius 3 is 1.64 bits per heavy atom. The lowest BCUT2D eigenvalue weighted by atomic mass is 10.3. The summed E-state index contributed by atoms with van der Waals surface area (Å²) in [7, 11) is -4.32. The molecule has 3 rings (SSSR count). The third kappa shape index (κ3) is 8.30. The summed E-state index contributed by atoms with van der Waals surface area (Å²) in [4.78, 5) is 22.8. The molecule has 0 saturated heterocycles. The number of hydrogen-bond acceptors (Lipinski definition) is 10. The van der Waals surface area contributed by atoms with Gasteiger partial charge in [-0.2, -0.15) is 4.57 Å². The Hall–Kier alpha value is -4.63. The maximum absolute atomic E-state index is 13.4. The fourth-order valence-corrected chi connectivity index (χ4v) is 3.78. The van der Waals surface area contributed by atoms with Crippen LogP contribution in [0.4, 0.5) is 4.79 Å². The quantitative estimate of drug-likeness (QED) is 0.144. The van der Waals surface area contributed by atoms with Crippen LogP contribution in [0.3, 0.4) is 0 Å². The number of phosphoric acid groups is 1. The van der Waals surface area contributed by atoms with Gasteiger partial charge in [-0.15, -0.1) is 0 Å². The third-order valence-electron chi connectivity index (χ3n) is 4.14. The number of amides is 1. The van der Waals surface area contributed by atoms with Crippen LogP contribution in [0.1, 0.15) is 0 Å². The lowest BCUT2D eigenvalue weighted by molar-refractivity contribution is -0.137. The Bertz CT molecular complexity index is 1180. The van der Waals surface area contributed by atoms with Gasteiger partial charge in [-0.3, -0.25) is 0 Å². The molecule has 0 aliphatic rings. The molecule has 3 aromatic rings. The van der Waals surface area contributed by atoms with Crippen molar-refractivity contribution in [1.29, 1.82) is 0 Å². The van der Waals surface area contributed by atoms with Gasteiger partial charge >= 0.3 is 19.9 Å². The number of phosphoric ester groups is 1. The standard InChI is InChI=1S/C24H22NO10P/c1-2-23(28)31-16-15-25-24(29)32-19-11-13-22(14-12-19)35-36(30,33-20-7-3-17(26)4-8-20)34-21-9-5-18(27)6-10-21/h2-14,26-27H,1,15-16H2,(H,25,29). The first kappa shape index (κ1) is 26.0. The predicted molar refractivity (Wildman–Crippen MR) is 127 cm³/mol. The lowest BCUT2D eigenvalue weighted by Gasteiger charge is -2.19. The average molecular weight is 515 g/mol. The summed E-state index contributed by atoms with van der Waals surface area (Å²) in [5.74, 6) is -0.223. The van der Waals surface area contributed by atoms with Gasteiger partial charge in [0.25, 0.3) is 0 Å². The second-order valence-corrected chi connectivity index (χ2v) is 8.31. The van der Waals surface area contributed by atoms with Crippen LogP contribution in [0.5, 0.6) is 34.5 Å². The van der Waals surface area contributed by atoms with E-state index in [1.165, 1.54) is 72.8 Å². The van der Waals surface area contributed by atoms with E-state index in [4.69, 9.17) is 23.0 Å². The molecule has 0 bridgehead atoms. The highest BCUT2D eigenvalue weighted by Gasteiger charge is 2.33. The molecule has 0 aliphatic carbocycles. The number of carbonyl (C=O) groups excluding carboxylic acids is 2. The summed E-state index contributed by atoms with van der Waals surface area (Å²) in [6, 6.07) is 16.4. The minimum atomic E-state index is -4.32. The summed E-state index contributed by atoms with van der Waals surface area (Å²) in [6.07, 6.45) is 0.224. The molecule has 0 spiro atoms. The van der Waals surface area contributed by atoms with E-state index >= 15 is 0 Å². The van der Waals surface area contributed by atoms with Crippen molar-refractivity contribution >= 4 is 19.9 Å². The summed E-state index contributed by atoms with van der Waals surface area (Å²) >= 11 is 0. The predicted octanol–water partition coefficient (Wildman–Crippen LogP) is 4.56. The largest absolute Gasteiger partial charge is 0.647 e. The first-order chi connectivity index (χ1) is 17.2. The molecule has 0 aromatic heterocycles. The molecule has 11 nitrogen and oxygen atoms in total. The van der Waals surface area contributed by atoms with Gasteiger partial charge in [-0.05, 0) is 72.8 Å². The molecule has 3 N–H and O–H groups in total. The molecule has 12 heteroatoms. The van der Waals surface area contributed by atoms with Gasteiger partial charge in [0.2, 0.25) is 0 Å². The zero-order chi connectivity index (χ0) is 26.0. The van der Waals surface area contributed by atoms with Crippen molar-refractivity contribution in [3.05, 3.63) is 85.5 Å². The van der Waals surface area contributed by atoms with Crippen LogP contribution in [0.25, 0.3) is 0 Å². The topological polar surface area (TPSA) is 150 Å². The lowest BCUT2D eigenvalue weighted by Crippen LogP contribution is -2.30. The number of hydrogen-bond donors (Lipinski definition) is 3. The minimum Gasteiger partial charge on any atom is -0.508 e. The van der Waals surface area contributed by atoms with Crippen LogP contribution in [-0.2, 0) is 14.1 Å². The molecule has 0 fully saturated rings. The zero-order valence-corrected chi connectivity index (χ0v) is 19.6.